The minimum atomic E-state index is -2.03. The molecule has 0 spiro atoms. The van der Waals surface area contributed by atoms with E-state index in [-0.39, 0.29) is 27.5 Å². The fraction of sp³-hybridized carbons (Fsp3) is 0.300. The highest BCUT2D eigenvalue weighted by atomic mass is 35.5. The van der Waals surface area contributed by atoms with E-state index in [0.29, 0.717) is 0 Å². The first-order chi connectivity index (χ1) is 9.17. The van der Waals surface area contributed by atoms with E-state index in [1.807, 2.05) is 0 Å². The summed E-state index contributed by atoms with van der Waals surface area (Å²) in [6.07, 6.45) is -0.341. The third-order valence-corrected chi connectivity index (χ3v) is 3.73. The van der Waals surface area contributed by atoms with E-state index in [0.717, 1.165) is 0 Å². The van der Waals surface area contributed by atoms with E-state index in [1.54, 1.807) is 6.07 Å². The van der Waals surface area contributed by atoms with Gasteiger partial charge in [-0.05, 0) is 6.07 Å². The van der Waals surface area contributed by atoms with Gasteiger partial charge in [0.2, 0.25) is 10.2 Å². The number of pyridine rings is 1. The lowest BCUT2D eigenvalue weighted by molar-refractivity contribution is -0.135. The van der Waals surface area contributed by atoms with E-state index in [9.17, 15) is 4.79 Å². The fourth-order valence-corrected chi connectivity index (χ4v) is 2.32. The van der Waals surface area contributed by atoms with Crippen LogP contribution in [0.3, 0.4) is 0 Å². The van der Waals surface area contributed by atoms with Gasteiger partial charge in [-0.25, -0.2) is 4.79 Å². The molecule has 4 nitrogen and oxygen atoms in total. The number of nitriles is 1. The number of carbonyl (C=O) groups excluding carboxylic acids is 1. The minimum absolute atomic E-state index is 0.0559. The maximum atomic E-state index is 11.8. The Balaban J connectivity index is 2.91. The highest BCUT2D eigenvalue weighted by Gasteiger charge is 2.39. The van der Waals surface area contributed by atoms with Crippen molar-refractivity contribution in [2.75, 3.05) is 0 Å². The zero-order valence-corrected chi connectivity index (χ0v) is 13.9. The standard InChI is InChI=1S/C10H4Cl6N2O2/c11-4(3-17)2-10(15,16)9(19)20-8-6(13)1-5(12)7(14)18-8/h1,4H,2H2. The van der Waals surface area contributed by atoms with E-state index < -0.39 is 15.7 Å². The van der Waals surface area contributed by atoms with Gasteiger partial charge in [-0.3, -0.25) is 0 Å². The normalized spacial score (nSPS) is 12.7. The first-order valence-electron chi connectivity index (χ1n) is 4.82. The molecule has 0 fully saturated rings. The Kier molecular flexibility index (Phi) is 6.46. The van der Waals surface area contributed by atoms with Crippen LogP contribution in [0, 0.1) is 11.3 Å². The molecule has 0 N–H and O–H groups in total. The highest BCUT2D eigenvalue weighted by Crippen LogP contribution is 2.34. The van der Waals surface area contributed by atoms with Crippen molar-refractivity contribution in [2.24, 2.45) is 0 Å². The molecule has 0 aliphatic carbocycles. The van der Waals surface area contributed by atoms with Gasteiger partial charge < -0.3 is 4.74 Å². The van der Waals surface area contributed by atoms with Crippen molar-refractivity contribution < 1.29 is 9.53 Å². The zero-order chi connectivity index (χ0) is 15.5. The Morgan fingerprint density at radius 2 is 2.00 bits per heavy atom. The van der Waals surface area contributed by atoms with E-state index >= 15 is 0 Å². The first-order valence-corrected chi connectivity index (χ1v) is 7.15. The molecule has 1 rings (SSSR count). The molecule has 1 atom stereocenters. The molecule has 0 saturated carbocycles. The second kappa shape index (κ2) is 7.22. The lowest BCUT2D eigenvalue weighted by Crippen LogP contribution is -2.33. The number of nitrogens with zero attached hydrogens (tertiary/aromatic N) is 2. The summed E-state index contributed by atoms with van der Waals surface area (Å²) in [6, 6.07) is 2.92. The Hall–Kier alpha value is -0.150. The summed E-state index contributed by atoms with van der Waals surface area (Å²) in [5.41, 5.74) is 0. The molecule has 0 radical (unpaired) electrons. The van der Waals surface area contributed by atoms with Crippen LogP contribution in [0.1, 0.15) is 6.42 Å². The van der Waals surface area contributed by atoms with Crippen LogP contribution in [-0.2, 0) is 4.79 Å². The topological polar surface area (TPSA) is 63.0 Å². The second-order valence-corrected chi connectivity index (χ2v) is 6.63. The smallest absolute Gasteiger partial charge is 0.349 e. The zero-order valence-electron chi connectivity index (χ0n) is 9.34. The molecule has 1 heterocycles. The molecule has 1 unspecified atom stereocenters. The van der Waals surface area contributed by atoms with E-state index in [4.69, 9.17) is 79.6 Å². The highest BCUT2D eigenvalue weighted by molar-refractivity contribution is 6.58. The van der Waals surface area contributed by atoms with Crippen molar-refractivity contribution >= 4 is 75.6 Å². The van der Waals surface area contributed by atoms with Crippen LogP contribution < -0.4 is 4.74 Å². The summed E-state index contributed by atoms with van der Waals surface area (Å²) in [5, 5.41) is 7.42. The second-order valence-electron chi connectivity index (χ2n) is 3.44. The number of carbonyl (C=O) groups is 1. The van der Waals surface area contributed by atoms with E-state index in [2.05, 4.69) is 4.98 Å². The molecular formula is C10H4Cl6N2O2. The van der Waals surface area contributed by atoms with E-state index in [1.165, 1.54) is 6.07 Å². The van der Waals surface area contributed by atoms with Crippen molar-refractivity contribution in [3.8, 4) is 11.9 Å². The van der Waals surface area contributed by atoms with Crippen LogP contribution in [0.25, 0.3) is 0 Å². The Labute approximate surface area is 144 Å². The molecule has 1 aromatic rings. The quantitative estimate of drug-likeness (QED) is 0.422. The number of ether oxygens (including phenoxy) is 1. The Morgan fingerprint density at radius 1 is 1.40 bits per heavy atom. The molecular weight excluding hydrogens is 393 g/mol. The van der Waals surface area contributed by atoms with Gasteiger partial charge in [0.15, 0.2) is 5.15 Å². The molecule has 1 aromatic heterocycles. The predicted octanol–water partition coefficient (Wildman–Crippen LogP) is 4.64. The first kappa shape index (κ1) is 17.9. The number of halogens is 6. The molecule has 0 amide bonds. The van der Waals surface area contributed by atoms with Gasteiger partial charge in [-0.2, -0.15) is 10.2 Å². The van der Waals surface area contributed by atoms with Gasteiger partial charge >= 0.3 is 5.97 Å². The van der Waals surface area contributed by atoms with Gasteiger partial charge in [0, 0.05) is 6.42 Å². The average molecular weight is 397 g/mol. The Morgan fingerprint density at radius 3 is 2.55 bits per heavy atom. The lowest BCUT2D eigenvalue weighted by atomic mass is 10.2. The minimum Gasteiger partial charge on any atom is -0.404 e. The van der Waals surface area contributed by atoms with Gasteiger partial charge in [-0.1, -0.05) is 58.0 Å². The molecule has 10 heteroatoms. The summed E-state index contributed by atoms with van der Waals surface area (Å²) in [4.78, 5) is 15.5. The molecule has 0 saturated heterocycles. The molecule has 0 bridgehead atoms. The van der Waals surface area contributed by atoms with Gasteiger partial charge in [-0.15, -0.1) is 11.6 Å². The Bertz CT molecular complexity index is 572. The van der Waals surface area contributed by atoms with Crippen LogP contribution >= 0.6 is 69.6 Å². The van der Waals surface area contributed by atoms with Crippen molar-refractivity contribution in [1.82, 2.24) is 4.98 Å². The monoisotopic (exact) mass is 394 g/mol. The number of rotatable bonds is 4. The summed E-state index contributed by atoms with van der Waals surface area (Å²) >= 11 is 34.2. The number of alkyl halides is 3. The number of esters is 1. The predicted molar refractivity (Wildman–Crippen MR) is 79.2 cm³/mol. The number of hydrogen-bond donors (Lipinski definition) is 0. The van der Waals surface area contributed by atoms with Crippen LogP contribution in [-0.4, -0.2) is 20.7 Å². The van der Waals surface area contributed by atoms with Crippen molar-refractivity contribution in [1.29, 1.82) is 5.26 Å². The third kappa shape index (κ3) is 4.70. The fourth-order valence-electron chi connectivity index (χ4n) is 1.02. The lowest BCUT2D eigenvalue weighted by Gasteiger charge is -2.18. The van der Waals surface area contributed by atoms with Crippen molar-refractivity contribution in [2.45, 2.75) is 16.1 Å². The van der Waals surface area contributed by atoms with Gasteiger partial charge in [0.1, 0.15) is 10.4 Å². The summed E-state index contributed by atoms with van der Waals surface area (Å²) in [7, 11) is 0. The molecule has 0 aliphatic heterocycles. The molecule has 20 heavy (non-hydrogen) atoms. The number of aromatic nitrogens is 1. The third-order valence-electron chi connectivity index (χ3n) is 1.92. The van der Waals surface area contributed by atoms with Crippen LogP contribution in [0.15, 0.2) is 6.07 Å². The van der Waals surface area contributed by atoms with Crippen LogP contribution in [0.2, 0.25) is 15.2 Å². The van der Waals surface area contributed by atoms with Crippen LogP contribution in [0.5, 0.6) is 5.88 Å². The summed E-state index contributed by atoms with van der Waals surface area (Å²) in [5.74, 6) is -1.39. The maximum Gasteiger partial charge on any atom is 0.349 e. The van der Waals surface area contributed by atoms with Crippen molar-refractivity contribution in [3.63, 3.8) is 0 Å². The molecule has 0 aliphatic rings. The van der Waals surface area contributed by atoms with Gasteiger partial charge in [0.05, 0.1) is 11.1 Å². The van der Waals surface area contributed by atoms with Crippen molar-refractivity contribution in [3.05, 3.63) is 21.3 Å². The number of hydrogen-bond acceptors (Lipinski definition) is 4. The summed E-state index contributed by atoms with van der Waals surface area (Å²) < 4.78 is 2.81. The maximum absolute atomic E-state index is 11.8. The van der Waals surface area contributed by atoms with Gasteiger partial charge in [0.25, 0.3) is 0 Å². The largest absolute Gasteiger partial charge is 0.404 e. The summed E-state index contributed by atoms with van der Waals surface area (Å²) in [6.45, 7) is 0. The molecule has 0 aromatic carbocycles. The van der Waals surface area contributed by atoms with Crippen LogP contribution in [0.4, 0.5) is 0 Å². The SMILES string of the molecule is N#CC(Cl)CC(Cl)(Cl)C(=O)Oc1nc(Cl)c(Cl)cc1Cl. The average Bonchev–Trinajstić information content (AvgIpc) is 2.35. The molecule has 108 valence electrons.